The van der Waals surface area contributed by atoms with Gasteiger partial charge in [-0.1, -0.05) is 19.8 Å². The van der Waals surface area contributed by atoms with Crippen molar-refractivity contribution in [3.05, 3.63) is 18.1 Å². The molecule has 0 unspecified atom stereocenters. The van der Waals surface area contributed by atoms with Crippen molar-refractivity contribution in [1.82, 2.24) is 15.3 Å². The highest BCUT2D eigenvalue weighted by molar-refractivity contribution is 5.91. The molecule has 0 atom stereocenters. The number of carbonyl (C=O) groups is 1. The molecule has 0 aromatic carbocycles. The minimum Gasteiger partial charge on any atom is -0.383 e. The van der Waals surface area contributed by atoms with Gasteiger partial charge in [0.2, 0.25) is 0 Å². The monoisotopic (exact) mass is 266 g/mol. The predicted octanol–water partition coefficient (Wildman–Crippen LogP) is 1.45. The van der Waals surface area contributed by atoms with E-state index in [4.69, 9.17) is 4.74 Å². The second-order valence-electron chi connectivity index (χ2n) is 4.17. The number of methoxy groups -OCH3 is 1. The number of nitrogens with one attached hydrogen (secondary N) is 2. The Kier molecular flexibility index (Phi) is 7.50. The standard InChI is InChI=1S/C13H22N4O2/c1-3-4-5-6-15-13(18)11-9-17-12(10-16-11)14-7-8-19-2/h9-10H,3-8H2,1-2H3,(H,14,17)(H,15,18). The Morgan fingerprint density at radius 2 is 2.11 bits per heavy atom. The number of amides is 1. The van der Waals surface area contributed by atoms with E-state index in [-0.39, 0.29) is 5.91 Å². The Hall–Kier alpha value is -1.69. The summed E-state index contributed by atoms with van der Waals surface area (Å²) in [6.45, 7) is 4.07. The van der Waals surface area contributed by atoms with Gasteiger partial charge >= 0.3 is 0 Å². The van der Waals surface area contributed by atoms with Gasteiger partial charge in [0.25, 0.3) is 5.91 Å². The second-order valence-corrected chi connectivity index (χ2v) is 4.17. The maximum atomic E-state index is 11.7. The highest BCUT2D eigenvalue weighted by atomic mass is 16.5. The van der Waals surface area contributed by atoms with Gasteiger partial charge < -0.3 is 15.4 Å². The van der Waals surface area contributed by atoms with Crippen LogP contribution in [-0.2, 0) is 4.74 Å². The molecule has 0 fully saturated rings. The van der Waals surface area contributed by atoms with Crippen molar-refractivity contribution >= 4 is 11.7 Å². The van der Waals surface area contributed by atoms with Gasteiger partial charge in [-0.15, -0.1) is 0 Å². The molecule has 2 N–H and O–H groups in total. The summed E-state index contributed by atoms with van der Waals surface area (Å²) in [5.41, 5.74) is 0.341. The first-order chi connectivity index (χ1) is 9.27. The van der Waals surface area contributed by atoms with Gasteiger partial charge in [0.15, 0.2) is 0 Å². The number of hydrogen-bond donors (Lipinski definition) is 2. The summed E-state index contributed by atoms with van der Waals surface area (Å²) in [5.74, 6) is 0.464. The number of hydrogen-bond acceptors (Lipinski definition) is 5. The average molecular weight is 266 g/mol. The lowest BCUT2D eigenvalue weighted by molar-refractivity contribution is 0.0947. The summed E-state index contributed by atoms with van der Waals surface area (Å²) in [5, 5.41) is 5.86. The van der Waals surface area contributed by atoms with Crippen LogP contribution in [-0.4, -0.2) is 42.7 Å². The molecule has 0 bridgehead atoms. The molecule has 0 saturated carbocycles. The predicted molar refractivity (Wildman–Crippen MR) is 74.3 cm³/mol. The molecule has 6 heteroatoms. The van der Waals surface area contributed by atoms with Gasteiger partial charge in [-0.05, 0) is 6.42 Å². The molecule has 0 aliphatic rings. The van der Waals surface area contributed by atoms with Crippen LogP contribution in [0, 0.1) is 0 Å². The summed E-state index contributed by atoms with van der Waals surface area (Å²) in [7, 11) is 1.64. The third kappa shape index (κ3) is 6.15. The lowest BCUT2D eigenvalue weighted by atomic mass is 10.2. The third-order valence-corrected chi connectivity index (χ3v) is 2.56. The first-order valence-corrected chi connectivity index (χ1v) is 6.61. The normalized spacial score (nSPS) is 10.2. The lowest BCUT2D eigenvalue weighted by Gasteiger charge is -2.06. The van der Waals surface area contributed by atoms with Crippen LogP contribution in [0.15, 0.2) is 12.4 Å². The molecular weight excluding hydrogens is 244 g/mol. The van der Waals surface area contributed by atoms with Gasteiger partial charge in [0.1, 0.15) is 11.5 Å². The van der Waals surface area contributed by atoms with E-state index in [0.29, 0.717) is 31.2 Å². The van der Waals surface area contributed by atoms with Crippen molar-refractivity contribution in [2.24, 2.45) is 0 Å². The zero-order chi connectivity index (χ0) is 13.9. The zero-order valence-corrected chi connectivity index (χ0v) is 11.6. The average Bonchev–Trinajstić information content (AvgIpc) is 2.44. The van der Waals surface area contributed by atoms with Gasteiger partial charge in [0.05, 0.1) is 19.0 Å². The van der Waals surface area contributed by atoms with E-state index in [1.165, 1.54) is 6.20 Å². The number of unbranched alkanes of at least 4 members (excludes halogenated alkanes) is 2. The highest BCUT2D eigenvalue weighted by Crippen LogP contribution is 2.01. The molecule has 6 nitrogen and oxygen atoms in total. The molecule has 1 heterocycles. The number of anilines is 1. The van der Waals surface area contributed by atoms with Gasteiger partial charge in [-0.3, -0.25) is 4.79 Å². The summed E-state index contributed by atoms with van der Waals surface area (Å²) in [4.78, 5) is 19.9. The summed E-state index contributed by atoms with van der Waals surface area (Å²) >= 11 is 0. The maximum absolute atomic E-state index is 11.7. The minimum atomic E-state index is -0.174. The molecule has 0 aliphatic carbocycles. The van der Waals surface area contributed by atoms with E-state index in [1.54, 1.807) is 13.3 Å². The molecule has 1 aromatic rings. The Bertz CT molecular complexity index is 367. The smallest absolute Gasteiger partial charge is 0.271 e. The van der Waals surface area contributed by atoms with Crippen molar-refractivity contribution in [2.45, 2.75) is 26.2 Å². The van der Waals surface area contributed by atoms with Crippen LogP contribution >= 0.6 is 0 Å². The van der Waals surface area contributed by atoms with Crippen LogP contribution in [0.3, 0.4) is 0 Å². The highest BCUT2D eigenvalue weighted by Gasteiger charge is 2.06. The fourth-order valence-electron chi connectivity index (χ4n) is 1.49. The zero-order valence-electron chi connectivity index (χ0n) is 11.6. The van der Waals surface area contributed by atoms with Crippen molar-refractivity contribution in [1.29, 1.82) is 0 Å². The quantitative estimate of drug-likeness (QED) is 0.662. The number of nitrogens with zero attached hydrogens (tertiary/aromatic N) is 2. The van der Waals surface area contributed by atoms with Crippen LogP contribution in [0.2, 0.25) is 0 Å². The minimum absolute atomic E-state index is 0.174. The molecule has 0 saturated heterocycles. The van der Waals surface area contributed by atoms with E-state index >= 15 is 0 Å². The van der Waals surface area contributed by atoms with Crippen molar-refractivity contribution < 1.29 is 9.53 Å². The summed E-state index contributed by atoms with van der Waals surface area (Å²) in [6.07, 6.45) is 6.28. The van der Waals surface area contributed by atoms with E-state index in [0.717, 1.165) is 19.3 Å². The Morgan fingerprint density at radius 1 is 1.26 bits per heavy atom. The van der Waals surface area contributed by atoms with Crippen LogP contribution in [0.25, 0.3) is 0 Å². The van der Waals surface area contributed by atoms with E-state index in [1.807, 2.05) is 0 Å². The van der Waals surface area contributed by atoms with Crippen molar-refractivity contribution in [3.63, 3.8) is 0 Å². The molecule has 19 heavy (non-hydrogen) atoms. The molecule has 0 radical (unpaired) electrons. The molecular formula is C13H22N4O2. The fourth-order valence-corrected chi connectivity index (χ4v) is 1.49. The first-order valence-electron chi connectivity index (χ1n) is 6.61. The van der Waals surface area contributed by atoms with Crippen LogP contribution in [0.1, 0.15) is 36.7 Å². The SMILES string of the molecule is CCCCCNC(=O)c1cnc(NCCOC)cn1. The van der Waals surface area contributed by atoms with Crippen molar-refractivity contribution in [2.75, 3.05) is 32.1 Å². The first kappa shape index (κ1) is 15.4. The topological polar surface area (TPSA) is 76.1 Å². The van der Waals surface area contributed by atoms with Gasteiger partial charge in [-0.25, -0.2) is 9.97 Å². The van der Waals surface area contributed by atoms with Gasteiger partial charge in [-0.2, -0.15) is 0 Å². The van der Waals surface area contributed by atoms with E-state index in [2.05, 4.69) is 27.5 Å². The number of rotatable bonds is 9. The maximum Gasteiger partial charge on any atom is 0.271 e. The van der Waals surface area contributed by atoms with Crippen LogP contribution in [0.5, 0.6) is 0 Å². The Morgan fingerprint density at radius 3 is 2.74 bits per heavy atom. The number of ether oxygens (including phenoxy) is 1. The van der Waals surface area contributed by atoms with E-state index in [9.17, 15) is 4.79 Å². The van der Waals surface area contributed by atoms with Crippen LogP contribution < -0.4 is 10.6 Å². The molecule has 1 aromatic heterocycles. The number of carbonyl (C=O) groups excluding carboxylic acids is 1. The lowest BCUT2D eigenvalue weighted by Crippen LogP contribution is -2.25. The van der Waals surface area contributed by atoms with Crippen molar-refractivity contribution in [3.8, 4) is 0 Å². The van der Waals surface area contributed by atoms with Gasteiger partial charge in [0, 0.05) is 20.2 Å². The molecule has 0 spiro atoms. The summed E-state index contributed by atoms with van der Waals surface area (Å²) in [6, 6.07) is 0. The summed E-state index contributed by atoms with van der Waals surface area (Å²) < 4.78 is 4.91. The fraction of sp³-hybridized carbons (Fsp3) is 0.615. The number of aromatic nitrogens is 2. The second kappa shape index (κ2) is 9.27. The Labute approximate surface area is 114 Å². The Balaban J connectivity index is 2.35. The molecule has 1 amide bonds. The molecule has 0 aliphatic heterocycles. The molecule has 106 valence electrons. The van der Waals surface area contributed by atoms with E-state index < -0.39 is 0 Å². The third-order valence-electron chi connectivity index (χ3n) is 2.56. The largest absolute Gasteiger partial charge is 0.383 e. The molecule has 1 rings (SSSR count). The van der Waals surface area contributed by atoms with Crippen LogP contribution in [0.4, 0.5) is 5.82 Å².